The minimum absolute atomic E-state index is 0.143. The van der Waals surface area contributed by atoms with Crippen molar-refractivity contribution in [3.8, 4) is 0 Å². The third-order valence-corrected chi connectivity index (χ3v) is 5.33. The first-order valence-electron chi connectivity index (χ1n) is 10.3. The molecule has 6 heteroatoms. The highest BCUT2D eigenvalue weighted by molar-refractivity contribution is 5.94. The molecule has 156 valence electrons. The average Bonchev–Trinajstić information content (AvgIpc) is 2.78. The van der Waals surface area contributed by atoms with Gasteiger partial charge < -0.3 is 11.1 Å². The van der Waals surface area contributed by atoms with Crippen molar-refractivity contribution < 1.29 is 4.79 Å². The number of rotatable bonds is 6. The van der Waals surface area contributed by atoms with Gasteiger partial charge in [0, 0.05) is 47.7 Å². The van der Waals surface area contributed by atoms with Gasteiger partial charge >= 0.3 is 0 Å². The van der Waals surface area contributed by atoms with Gasteiger partial charge in [-0.05, 0) is 66.4 Å². The summed E-state index contributed by atoms with van der Waals surface area (Å²) in [7, 11) is 0. The third kappa shape index (κ3) is 4.86. The maximum atomic E-state index is 12.7. The molecule has 0 aliphatic carbocycles. The number of carbonyl (C=O) groups excluding carboxylic acids is 1. The Kier molecular flexibility index (Phi) is 5.89. The second-order valence-electron chi connectivity index (χ2n) is 7.60. The molecule has 31 heavy (non-hydrogen) atoms. The Morgan fingerprint density at radius 3 is 2.68 bits per heavy atom. The first-order valence-corrected chi connectivity index (χ1v) is 10.3. The molecule has 3 aromatic heterocycles. The third-order valence-electron chi connectivity index (χ3n) is 5.33. The van der Waals surface area contributed by atoms with E-state index in [1.165, 1.54) is 5.56 Å². The van der Waals surface area contributed by atoms with Crippen LogP contribution in [0.25, 0.3) is 10.9 Å². The van der Waals surface area contributed by atoms with Crippen LogP contribution < -0.4 is 11.1 Å². The fourth-order valence-corrected chi connectivity index (χ4v) is 3.53. The number of nitrogens with zero attached hydrogens (tertiary/aromatic N) is 3. The van der Waals surface area contributed by atoms with Crippen LogP contribution in [0.4, 0.5) is 5.82 Å². The minimum Gasteiger partial charge on any atom is -0.384 e. The molecule has 0 atom stereocenters. The van der Waals surface area contributed by atoms with E-state index in [0.717, 1.165) is 39.8 Å². The standard InChI is InChI=1S/C25H25N5O/c1-3-17-10-21-11-18(4-6-23(21)28-14-17)12-22-13-19(8-9-27-22)25(31)29-15-20-5-7-24(26)30-16(20)2/h4-11,13-14H,3,12,15H2,1-2H3,(H2,26,30)(H,29,31). The Balaban J connectivity index is 1.47. The zero-order valence-electron chi connectivity index (χ0n) is 17.7. The lowest BCUT2D eigenvalue weighted by Crippen LogP contribution is -2.23. The topological polar surface area (TPSA) is 93.8 Å². The number of nitrogen functional groups attached to an aromatic ring is 1. The van der Waals surface area contributed by atoms with E-state index in [4.69, 9.17) is 5.73 Å². The summed E-state index contributed by atoms with van der Waals surface area (Å²) < 4.78 is 0. The molecular weight excluding hydrogens is 386 g/mol. The summed E-state index contributed by atoms with van der Waals surface area (Å²) in [5.41, 5.74) is 12.2. The van der Waals surface area contributed by atoms with E-state index >= 15 is 0 Å². The SMILES string of the molecule is CCc1cnc2ccc(Cc3cc(C(=O)NCc4ccc(N)nc4C)ccn3)cc2c1. The summed E-state index contributed by atoms with van der Waals surface area (Å²) >= 11 is 0. The Morgan fingerprint density at radius 2 is 1.87 bits per heavy atom. The van der Waals surface area contributed by atoms with Crippen molar-refractivity contribution in [1.82, 2.24) is 20.3 Å². The molecule has 3 heterocycles. The number of pyridine rings is 3. The van der Waals surface area contributed by atoms with Crippen LogP contribution in [0, 0.1) is 6.92 Å². The van der Waals surface area contributed by atoms with E-state index in [1.54, 1.807) is 18.3 Å². The summed E-state index contributed by atoms with van der Waals surface area (Å²) in [5, 5.41) is 4.07. The summed E-state index contributed by atoms with van der Waals surface area (Å²) in [6.07, 6.45) is 5.21. The van der Waals surface area contributed by atoms with Crippen molar-refractivity contribution in [2.45, 2.75) is 33.2 Å². The van der Waals surface area contributed by atoms with Crippen molar-refractivity contribution in [3.05, 3.63) is 94.6 Å². The molecule has 0 radical (unpaired) electrons. The fraction of sp³-hybridized carbons (Fsp3) is 0.200. The quantitative estimate of drug-likeness (QED) is 0.500. The zero-order chi connectivity index (χ0) is 21.8. The van der Waals surface area contributed by atoms with Crippen LogP contribution in [-0.4, -0.2) is 20.9 Å². The molecule has 3 N–H and O–H groups in total. The van der Waals surface area contributed by atoms with Crippen molar-refractivity contribution in [2.75, 3.05) is 5.73 Å². The van der Waals surface area contributed by atoms with Crippen molar-refractivity contribution in [1.29, 1.82) is 0 Å². The normalized spacial score (nSPS) is 10.9. The van der Waals surface area contributed by atoms with Crippen LogP contribution in [-0.2, 0) is 19.4 Å². The molecule has 1 amide bonds. The van der Waals surface area contributed by atoms with Crippen LogP contribution in [0.2, 0.25) is 0 Å². The number of hydrogen-bond donors (Lipinski definition) is 2. The number of nitrogens with two attached hydrogens (primary N) is 1. The maximum Gasteiger partial charge on any atom is 0.251 e. The number of aromatic nitrogens is 3. The zero-order valence-corrected chi connectivity index (χ0v) is 17.7. The van der Waals surface area contributed by atoms with Gasteiger partial charge in [0.05, 0.1) is 5.52 Å². The van der Waals surface area contributed by atoms with E-state index < -0.39 is 0 Å². The van der Waals surface area contributed by atoms with Gasteiger partial charge in [-0.1, -0.05) is 19.1 Å². The highest BCUT2D eigenvalue weighted by atomic mass is 16.1. The molecule has 0 bridgehead atoms. The first kappa shape index (κ1) is 20.5. The van der Waals surface area contributed by atoms with Crippen LogP contribution in [0.1, 0.15) is 45.4 Å². The minimum atomic E-state index is -0.143. The molecule has 0 aliphatic rings. The predicted octanol–water partition coefficient (Wildman–Crippen LogP) is 4.00. The Labute approximate surface area is 181 Å². The second-order valence-corrected chi connectivity index (χ2v) is 7.60. The number of hydrogen-bond acceptors (Lipinski definition) is 5. The number of carbonyl (C=O) groups is 1. The largest absolute Gasteiger partial charge is 0.384 e. The number of anilines is 1. The molecule has 6 nitrogen and oxygen atoms in total. The fourth-order valence-electron chi connectivity index (χ4n) is 3.53. The highest BCUT2D eigenvalue weighted by Gasteiger charge is 2.09. The Bertz CT molecular complexity index is 1250. The molecule has 0 spiro atoms. The van der Waals surface area contributed by atoms with E-state index in [-0.39, 0.29) is 5.91 Å². The van der Waals surface area contributed by atoms with E-state index in [0.29, 0.717) is 24.3 Å². The van der Waals surface area contributed by atoms with Crippen LogP contribution in [0.15, 0.2) is 60.9 Å². The van der Waals surface area contributed by atoms with E-state index in [2.05, 4.69) is 45.4 Å². The van der Waals surface area contributed by atoms with E-state index in [9.17, 15) is 4.79 Å². The Morgan fingerprint density at radius 1 is 1.03 bits per heavy atom. The van der Waals surface area contributed by atoms with Crippen LogP contribution >= 0.6 is 0 Å². The molecular formula is C25H25N5O. The number of nitrogens with one attached hydrogen (secondary N) is 1. The molecule has 0 saturated carbocycles. The number of benzene rings is 1. The molecule has 4 aromatic rings. The highest BCUT2D eigenvalue weighted by Crippen LogP contribution is 2.18. The molecule has 0 saturated heterocycles. The van der Waals surface area contributed by atoms with Gasteiger partial charge in [0.25, 0.3) is 5.91 Å². The first-order chi connectivity index (χ1) is 15.0. The van der Waals surface area contributed by atoms with E-state index in [1.807, 2.05) is 31.3 Å². The molecule has 0 aliphatic heterocycles. The molecule has 0 unspecified atom stereocenters. The molecule has 1 aromatic carbocycles. The van der Waals surface area contributed by atoms with Gasteiger partial charge in [-0.25, -0.2) is 4.98 Å². The van der Waals surface area contributed by atoms with Gasteiger partial charge in [-0.2, -0.15) is 0 Å². The van der Waals surface area contributed by atoms with Gasteiger partial charge in [-0.15, -0.1) is 0 Å². The second kappa shape index (κ2) is 8.92. The van der Waals surface area contributed by atoms with Crippen molar-refractivity contribution in [2.24, 2.45) is 0 Å². The van der Waals surface area contributed by atoms with Gasteiger partial charge in [0.15, 0.2) is 0 Å². The monoisotopic (exact) mass is 411 g/mol. The lowest BCUT2D eigenvalue weighted by Gasteiger charge is -2.09. The number of fused-ring (bicyclic) bond motifs is 1. The van der Waals surface area contributed by atoms with Crippen LogP contribution in [0.5, 0.6) is 0 Å². The van der Waals surface area contributed by atoms with Gasteiger partial charge in [0.2, 0.25) is 0 Å². The van der Waals surface area contributed by atoms with Crippen LogP contribution in [0.3, 0.4) is 0 Å². The summed E-state index contributed by atoms with van der Waals surface area (Å²) in [4.78, 5) is 25.9. The van der Waals surface area contributed by atoms with Crippen molar-refractivity contribution >= 4 is 22.6 Å². The summed E-state index contributed by atoms with van der Waals surface area (Å²) in [6, 6.07) is 15.6. The Hall–Kier alpha value is -3.80. The average molecular weight is 412 g/mol. The lowest BCUT2D eigenvalue weighted by atomic mass is 10.0. The summed E-state index contributed by atoms with van der Waals surface area (Å²) in [6.45, 7) is 4.40. The van der Waals surface area contributed by atoms with Gasteiger partial charge in [-0.3, -0.25) is 14.8 Å². The number of aryl methyl sites for hydroxylation is 2. The molecule has 0 fully saturated rings. The predicted molar refractivity (Wildman–Crippen MR) is 123 cm³/mol. The maximum absolute atomic E-state index is 12.7. The number of amides is 1. The van der Waals surface area contributed by atoms with Gasteiger partial charge in [0.1, 0.15) is 5.82 Å². The molecule has 4 rings (SSSR count). The van der Waals surface area contributed by atoms with Crippen molar-refractivity contribution in [3.63, 3.8) is 0 Å². The summed E-state index contributed by atoms with van der Waals surface area (Å²) in [5.74, 6) is 0.330. The smallest absolute Gasteiger partial charge is 0.251 e. The lowest BCUT2D eigenvalue weighted by molar-refractivity contribution is 0.0950.